The van der Waals surface area contributed by atoms with Crippen molar-refractivity contribution in [3.8, 4) is 0 Å². The van der Waals surface area contributed by atoms with E-state index in [1.165, 1.54) is 0 Å². The third kappa shape index (κ3) is 4.49. The van der Waals surface area contributed by atoms with Crippen LogP contribution in [-0.4, -0.2) is 40.5 Å². The van der Waals surface area contributed by atoms with Crippen molar-refractivity contribution >= 4 is 11.9 Å². The van der Waals surface area contributed by atoms with Crippen molar-refractivity contribution < 1.29 is 14.7 Å². The Kier molecular flexibility index (Phi) is 5.35. The summed E-state index contributed by atoms with van der Waals surface area (Å²) < 4.78 is 0. The molecule has 1 heterocycles. The van der Waals surface area contributed by atoms with Crippen LogP contribution in [-0.2, 0) is 9.59 Å². The van der Waals surface area contributed by atoms with Gasteiger partial charge < -0.3 is 15.7 Å². The van der Waals surface area contributed by atoms with Crippen LogP contribution < -0.4 is 5.73 Å². The first kappa shape index (κ1) is 16.0. The number of carboxylic acids is 1. The average Bonchev–Trinajstić information content (AvgIpc) is 2.33. The van der Waals surface area contributed by atoms with Gasteiger partial charge in [-0.3, -0.25) is 9.59 Å². The molecule has 19 heavy (non-hydrogen) atoms. The fourth-order valence-corrected chi connectivity index (χ4v) is 2.43. The molecule has 0 aromatic heterocycles. The van der Waals surface area contributed by atoms with Crippen LogP contribution >= 0.6 is 0 Å². The molecule has 1 aliphatic heterocycles. The molecule has 1 amide bonds. The Hall–Kier alpha value is -1.10. The number of nitrogens with two attached hydrogens (primary N) is 1. The van der Waals surface area contributed by atoms with Crippen LogP contribution in [0, 0.1) is 5.41 Å². The summed E-state index contributed by atoms with van der Waals surface area (Å²) in [6.07, 6.45) is 3.55. The average molecular weight is 270 g/mol. The van der Waals surface area contributed by atoms with Gasteiger partial charge in [0.05, 0.1) is 6.04 Å². The van der Waals surface area contributed by atoms with Crippen molar-refractivity contribution in [1.29, 1.82) is 0 Å². The largest absolute Gasteiger partial charge is 0.481 e. The Balaban J connectivity index is 2.70. The molecule has 0 spiro atoms. The first-order valence-corrected chi connectivity index (χ1v) is 7.01. The third-order valence-electron chi connectivity index (χ3n) is 3.80. The normalized spacial score (nSPS) is 22.1. The van der Waals surface area contributed by atoms with E-state index in [0.717, 1.165) is 19.3 Å². The van der Waals surface area contributed by atoms with Crippen molar-refractivity contribution in [3.63, 3.8) is 0 Å². The number of carbonyl (C=O) groups is 2. The zero-order valence-corrected chi connectivity index (χ0v) is 12.2. The molecule has 5 nitrogen and oxygen atoms in total. The molecule has 2 atom stereocenters. The number of rotatable bonds is 4. The van der Waals surface area contributed by atoms with Gasteiger partial charge in [-0.2, -0.15) is 0 Å². The van der Waals surface area contributed by atoms with Crippen LogP contribution in [0.3, 0.4) is 0 Å². The summed E-state index contributed by atoms with van der Waals surface area (Å²) >= 11 is 0. The van der Waals surface area contributed by atoms with E-state index in [1.807, 2.05) is 25.7 Å². The molecule has 0 aromatic rings. The minimum atomic E-state index is -0.807. The maximum Gasteiger partial charge on any atom is 0.303 e. The summed E-state index contributed by atoms with van der Waals surface area (Å²) in [7, 11) is 0. The van der Waals surface area contributed by atoms with E-state index in [0.29, 0.717) is 13.0 Å². The van der Waals surface area contributed by atoms with Gasteiger partial charge in [0.25, 0.3) is 0 Å². The van der Waals surface area contributed by atoms with Crippen molar-refractivity contribution in [1.82, 2.24) is 4.90 Å². The zero-order chi connectivity index (χ0) is 14.6. The van der Waals surface area contributed by atoms with E-state index in [4.69, 9.17) is 10.8 Å². The van der Waals surface area contributed by atoms with E-state index >= 15 is 0 Å². The highest BCUT2D eigenvalue weighted by Gasteiger charge is 2.35. The van der Waals surface area contributed by atoms with E-state index in [1.54, 1.807) is 0 Å². The summed E-state index contributed by atoms with van der Waals surface area (Å²) in [6, 6.07) is -0.497. The maximum atomic E-state index is 12.5. The molecule has 0 saturated carbocycles. The fraction of sp³-hybridized carbons (Fsp3) is 0.857. The van der Waals surface area contributed by atoms with Crippen LogP contribution in [0.15, 0.2) is 0 Å². The minimum absolute atomic E-state index is 0.0331. The second-order valence-electron chi connectivity index (χ2n) is 6.46. The molecule has 1 saturated heterocycles. The van der Waals surface area contributed by atoms with Gasteiger partial charge in [-0.1, -0.05) is 20.8 Å². The number of carbonyl (C=O) groups excluding carboxylic acids is 1. The molecule has 0 radical (unpaired) electrons. The highest BCUT2D eigenvalue weighted by molar-refractivity contribution is 5.83. The highest BCUT2D eigenvalue weighted by atomic mass is 16.4. The van der Waals surface area contributed by atoms with Gasteiger partial charge >= 0.3 is 5.97 Å². The Labute approximate surface area is 115 Å². The number of piperidine rings is 1. The minimum Gasteiger partial charge on any atom is -0.481 e. The van der Waals surface area contributed by atoms with Gasteiger partial charge in [0.15, 0.2) is 0 Å². The molecule has 2 unspecified atom stereocenters. The molecule has 1 aliphatic rings. The Morgan fingerprint density at radius 3 is 2.53 bits per heavy atom. The molecule has 0 aliphatic carbocycles. The standard InChI is InChI=1S/C14H26N2O3/c1-14(2,3)12(15)13(19)16-9-5-4-6-10(16)7-8-11(17)18/h10,12H,4-9,15H2,1-3H3,(H,17,18). The molecular formula is C14H26N2O3. The lowest BCUT2D eigenvalue weighted by Crippen LogP contribution is -2.54. The molecule has 5 heteroatoms. The van der Waals surface area contributed by atoms with Gasteiger partial charge in [-0.05, 0) is 31.1 Å². The number of likely N-dealkylation sites (tertiary alicyclic amines) is 1. The van der Waals surface area contributed by atoms with Crippen LogP contribution in [0.2, 0.25) is 0 Å². The highest BCUT2D eigenvalue weighted by Crippen LogP contribution is 2.25. The lowest BCUT2D eigenvalue weighted by Gasteiger charge is -2.39. The number of hydrogen-bond acceptors (Lipinski definition) is 3. The number of aliphatic carboxylic acids is 1. The second kappa shape index (κ2) is 6.37. The third-order valence-corrected chi connectivity index (χ3v) is 3.80. The first-order chi connectivity index (χ1) is 8.73. The molecule has 0 bridgehead atoms. The Bertz CT molecular complexity index is 336. The molecule has 0 aromatic carbocycles. The Morgan fingerprint density at radius 1 is 1.37 bits per heavy atom. The summed E-state index contributed by atoms with van der Waals surface area (Å²) in [4.78, 5) is 24.9. The van der Waals surface area contributed by atoms with E-state index in [2.05, 4.69) is 0 Å². The van der Waals surface area contributed by atoms with Gasteiger partial charge in [-0.25, -0.2) is 0 Å². The molecule has 1 rings (SSSR count). The van der Waals surface area contributed by atoms with Crippen molar-refractivity contribution in [3.05, 3.63) is 0 Å². The number of hydrogen-bond donors (Lipinski definition) is 2. The predicted molar refractivity (Wildman–Crippen MR) is 73.7 cm³/mol. The van der Waals surface area contributed by atoms with Crippen LogP contribution in [0.4, 0.5) is 0 Å². The van der Waals surface area contributed by atoms with Gasteiger partial charge in [0, 0.05) is 19.0 Å². The lowest BCUT2D eigenvalue weighted by molar-refractivity contribution is -0.142. The van der Waals surface area contributed by atoms with E-state index < -0.39 is 12.0 Å². The van der Waals surface area contributed by atoms with Crippen molar-refractivity contribution in [2.24, 2.45) is 11.1 Å². The predicted octanol–water partition coefficient (Wildman–Crippen LogP) is 1.61. The SMILES string of the molecule is CC(C)(C)C(N)C(=O)N1CCCCC1CCC(=O)O. The quantitative estimate of drug-likeness (QED) is 0.813. The zero-order valence-electron chi connectivity index (χ0n) is 12.2. The van der Waals surface area contributed by atoms with Crippen molar-refractivity contribution in [2.75, 3.05) is 6.54 Å². The number of amides is 1. The fourth-order valence-electron chi connectivity index (χ4n) is 2.43. The van der Waals surface area contributed by atoms with Gasteiger partial charge in [0.2, 0.25) is 5.91 Å². The van der Waals surface area contributed by atoms with Crippen molar-refractivity contribution in [2.45, 2.75) is 65.0 Å². The summed E-state index contributed by atoms with van der Waals surface area (Å²) in [5.41, 5.74) is 5.76. The van der Waals surface area contributed by atoms with Crippen LogP contribution in [0.5, 0.6) is 0 Å². The molecule has 1 fully saturated rings. The van der Waals surface area contributed by atoms with Gasteiger partial charge in [-0.15, -0.1) is 0 Å². The summed E-state index contributed by atoms with van der Waals surface area (Å²) in [5.74, 6) is -0.847. The Morgan fingerprint density at radius 2 is 2.00 bits per heavy atom. The van der Waals surface area contributed by atoms with Gasteiger partial charge in [0.1, 0.15) is 0 Å². The molecule has 110 valence electrons. The summed E-state index contributed by atoms with van der Waals surface area (Å²) in [5, 5.41) is 8.78. The summed E-state index contributed by atoms with van der Waals surface area (Å²) in [6.45, 7) is 6.55. The first-order valence-electron chi connectivity index (χ1n) is 7.01. The smallest absolute Gasteiger partial charge is 0.303 e. The molecular weight excluding hydrogens is 244 g/mol. The maximum absolute atomic E-state index is 12.5. The number of nitrogens with zero attached hydrogens (tertiary/aromatic N) is 1. The van der Waals surface area contributed by atoms with Crippen LogP contribution in [0.1, 0.15) is 52.9 Å². The lowest BCUT2D eigenvalue weighted by atomic mass is 9.85. The topological polar surface area (TPSA) is 83.6 Å². The number of carboxylic acid groups (broad SMARTS) is 1. The van der Waals surface area contributed by atoms with E-state index in [-0.39, 0.29) is 23.8 Å². The van der Waals surface area contributed by atoms with E-state index in [9.17, 15) is 9.59 Å². The monoisotopic (exact) mass is 270 g/mol. The van der Waals surface area contributed by atoms with Crippen LogP contribution in [0.25, 0.3) is 0 Å². The molecule has 3 N–H and O–H groups in total. The second-order valence-corrected chi connectivity index (χ2v) is 6.46.